The summed E-state index contributed by atoms with van der Waals surface area (Å²) in [6.45, 7) is 5.41. The summed E-state index contributed by atoms with van der Waals surface area (Å²) >= 11 is 1.51. The van der Waals surface area contributed by atoms with Crippen molar-refractivity contribution in [2.45, 2.75) is 33.1 Å². The van der Waals surface area contributed by atoms with Crippen LogP contribution in [0, 0.1) is 25.2 Å². The van der Waals surface area contributed by atoms with Gasteiger partial charge in [0.15, 0.2) is 5.13 Å². The molecule has 2 heterocycles. The molecule has 1 aliphatic rings. The van der Waals surface area contributed by atoms with Crippen molar-refractivity contribution in [2.24, 2.45) is 0 Å². The fourth-order valence-electron chi connectivity index (χ4n) is 2.08. The molecule has 0 bridgehead atoms. The van der Waals surface area contributed by atoms with E-state index in [1.54, 1.807) is 4.90 Å². The predicted octanol–water partition coefficient (Wildman–Crippen LogP) is 2.59. The largest absolute Gasteiger partial charge is 0.338 e. The van der Waals surface area contributed by atoms with Crippen molar-refractivity contribution in [3.8, 4) is 6.07 Å². The van der Waals surface area contributed by atoms with Crippen molar-refractivity contribution in [3.05, 3.63) is 22.3 Å². The van der Waals surface area contributed by atoms with Crippen LogP contribution in [0.25, 0.3) is 0 Å². The van der Waals surface area contributed by atoms with Crippen LogP contribution in [0.4, 0.5) is 5.13 Å². The molecule has 0 aliphatic carbocycles. The quantitative estimate of drug-likeness (QED) is 0.686. The first-order valence-electron chi connectivity index (χ1n) is 6.72. The number of thiazole rings is 1. The van der Waals surface area contributed by atoms with Gasteiger partial charge in [0.05, 0.1) is 5.69 Å². The summed E-state index contributed by atoms with van der Waals surface area (Å²) in [6, 6.07) is 1.98. The Kier molecular flexibility index (Phi) is 4.74. The molecule has 6 heteroatoms. The van der Waals surface area contributed by atoms with Gasteiger partial charge in [0.1, 0.15) is 11.6 Å². The molecule has 1 aromatic rings. The zero-order valence-electron chi connectivity index (χ0n) is 11.8. The average molecular weight is 290 g/mol. The second-order valence-electron chi connectivity index (χ2n) is 4.83. The number of rotatable bonds is 3. The normalized spacial score (nSPS) is 15.8. The maximum atomic E-state index is 12.2. The molecule has 0 saturated carbocycles. The van der Waals surface area contributed by atoms with Crippen molar-refractivity contribution in [3.63, 3.8) is 0 Å². The minimum absolute atomic E-state index is 0.136. The highest BCUT2D eigenvalue weighted by Crippen LogP contribution is 2.21. The molecule has 1 saturated heterocycles. The van der Waals surface area contributed by atoms with Crippen LogP contribution >= 0.6 is 11.3 Å². The molecule has 1 N–H and O–H groups in total. The van der Waals surface area contributed by atoms with E-state index in [0.29, 0.717) is 5.13 Å². The van der Waals surface area contributed by atoms with Gasteiger partial charge in [-0.15, -0.1) is 11.3 Å². The van der Waals surface area contributed by atoms with Crippen LogP contribution in [0.1, 0.15) is 29.8 Å². The zero-order chi connectivity index (χ0) is 14.5. The van der Waals surface area contributed by atoms with E-state index >= 15 is 0 Å². The van der Waals surface area contributed by atoms with Gasteiger partial charge < -0.3 is 10.2 Å². The number of hydrogen-bond donors (Lipinski definition) is 1. The Bertz CT molecular complexity index is 545. The first-order chi connectivity index (χ1) is 9.61. The van der Waals surface area contributed by atoms with E-state index in [1.807, 2.05) is 19.9 Å². The second-order valence-corrected chi connectivity index (χ2v) is 6.03. The Labute approximate surface area is 122 Å². The van der Waals surface area contributed by atoms with E-state index < -0.39 is 0 Å². The predicted molar refractivity (Wildman–Crippen MR) is 79.3 cm³/mol. The number of nitrogens with one attached hydrogen (secondary N) is 1. The molecule has 0 aromatic carbocycles. The smallest absolute Gasteiger partial charge is 0.266 e. The third kappa shape index (κ3) is 3.36. The molecule has 106 valence electrons. The van der Waals surface area contributed by atoms with Crippen molar-refractivity contribution >= 4 is 22.4 Å². The maximum absolute atomic E-state index is 12.2. The highest BCUT2D eigenvalue weighted by atomic mass is 32.1. The number of nitrogens with zero attached hydrogens (tertiary/aromatic N) is 3. The van der Waals surface area contributed by atoms with Crippen LogP contribution in [0.3, 0.4) is 0 Å². The Morgan fingerprint density at radius 3 is 2.65 bits per heavy atom. The molecule has 0 radical (unpaired) electrons. The van der Waals surface area contributed by atoms with Gasteiger partial charge >= 0.3 is 0 Å². The molecule has 1 fully saturated rings. The van der Waals surface area contributed by atoms with Crippen LogP contribution in [-0.2, 0) is 4.79 Å². The van der Waals surface area contributed by atoms with Crippen LogP contribution in [0.15, 0.2) is 11.8 Å². The highest BCUT2D eigenvalue weighted by Gasteiger charge is 2.20. The standard InChI is InChI=1S/C14H18N4OS/c1-10-11(2)20-14(17-10)16-9-12(8-15)13(19)18-6-4-3-5-7-18/h9H,3-7H2,1-2H3,(H,16,17)/b12-9-. The molecule has 0 unspecified atom stereocenters. The second kappa shape index (κ2) is 6.53. The van der Waals surface area contributed by atoms with E-state index in [1.165, 1.54) is 17.5 Å². The zero-order valence-corrected chi connectivity index (χ0v) is 12.6. The lowest BCUT2D eigenvalue weighted by Gasteiger charge is -2.26. The number of amides is 1. The average Bonchev–Trinajstić information content (AvgIpc) is 2.79. The number of aryl methyl sites for hydroxylation is 2. The van der Waals surface area contributed by atoms with E-state index in [4.69, 9.17) is 5.26 Å². The molecule has 2 rings (SSSR count). The van der Waals surface area contributed by atoms with Crippen LogP contribution in [0.5, 0.6) is 0 Å². The number of carbonyl (C=O) groups is 1. The van der Waals surface area contributed by atoms with Gasteiger partial charge in [-0.2, -0.15) is 5.26 Å². The highest BCUT2D eigenvalue weighted by molar-refractivity contribution is 7.15. The summed E-state index contributed by atoms with van der Waals surface area (Å²) in [5.41, 5.74) is 1.10. The van der Waals surface area contributed by atoms with Gasteiger partial charge in [0.25, 0.3) is 5.91 Å². The first kappa shape index (κ1) is 14.5. The monoisotopic (exact) mass is 290 g/mol. The Morgan fingerprint density at radius 2 is 2.10 bits per heavy atom. The van der Waals surface area contributed by atoms with Gasteiger partial charge in [0.2, 0.25) is 0 Å². The summed E-state index contributed by atoms with van der Waals surface area (Å²) in [6.07, 6.45) is 4.66. The summed E-state index contributed by atoms with van der Waals surface area (Å²) in [4.78, 5) is 19.4. The summed E-state index contributed by atoms with van der Waals surface area (Å²) in [5.74, 6) is -0.190. The van der Waals surface area contributed by atoms with Crippen molar-refractivity contribution in [2.75, 3.05) is 18.4 Å². The molecular formula is C14H18N4OS. The summed E-state index contributed by atoms with van der Waals surface area (Å²) in [7, 11) is 0. The van der Waals surface area contributed by atoms with E-state index in [9.17, 15) is 4.79 Å². The topological polar surface area (TPSA) is 69.0 Å². The third-order valence-corrected chi connectivity index (χ3v) is 4.37. The molecule has 1 aliphatic heterocycles. The molecule has 5 nitrogen and oxygen atoms in total. The number of likely N-dealkylation sites (tertiary alicyclic amines) is 1. The molecule has 0 atom stereocenters. The van der Waals surface area contributed by atoms with E-state index in [2.05, 4.69) is 10.3 Å². The van der Waals surface area contributed by atoms with Gasteiger partial charge in [-0.25, -0.2) is 4.98 Å². The van der Waals surface area contributed by atoms with Crippen molar-refractivity contribution in [1.82, 2.24) is 9.88 Å². The Hall–Kier alpha value is -1.87. The molecule has 20 heavy (non-hydrogen) atoms. The van der Waals surface area contributed by atoms with Crippen molar-refractivity contribution in [1.29, 1.82) is 5.26 Å². The minimum Gasteiger partial charge on any atom is -0.338 e. The van der Waals surface area contributed by atoms with E-state index in [-0.39, 0.29) is 11.5 Å². The summed E-state index contributed by atoms with van der Waals surface area (Å²) < 4.78 is 0. The minimum atomic E-state index is -0.190. The fourth-order valence-corrected chi connectivity index (χ4v) is 2.86. The number of nitriles is 1. The van der Waals surface area contributed by atoms with Crippen LogP contribution < -0.4 is 5.32 Å². The van der Waals surface area contributed by atoms with Gasteiger partial charge in [-0.1, -0.05) is 0 Å². The Balaban J connectivity index is 2.05. The van der Waals surface area contributed by atoms with Crippen molar-refractivity contribution < 1.29 is 4.79 Å². The van der Waals surface area contributed by atoms with Gasteiger partial charge in [-0.3, -0.25) is 4.79 Å². The van der Waals surface area contributed by atoms with Gasteiger partial charge in [-0.05, 0) is 33.1 Å². The molecular weight excluding hydrogens is 272 g/mol. The van der Waals surface area contributed by atoms with Gasteiger partial charge in [0, 0.05) is 24.2 Å². The maximum Gasteiger partial charge on any atom is 0.266 e. The number of anilines is 1. The number of piperidine rings is 1. The molecule has 0 spiro atoms. The molecule has 1 amide bonds. The SMILES string of the molecule is Cc1nc(N/C=C(/C#N)C(=O)N2CCCCC2)sc1C. The number of aromatic nitrogens is 1. The van der Waals surface area contributed by atoms with Crippen LogP contribution in [-0.4, -0.2) is 28.9 Å². The first-order valence-corrected chi connectivity index (χ1v) is 7.53. The summed E-state index contributed by atoms with van der Waals surface area (Å²) in [5, 5.41) is 12.8. The lowest BCUT2D eigenvalue weighted by Crippen LogP contribution is -2.36. The number of hydrogen-bond acceptors (Lipinski definition) is 5. The molecule has 1 aromatic heterocycles. The van der Waals surface area contributed by atoms with Crippen LogP contribution in [0.2, 0.25) is 0 Å². The lowest BCUT2D eigenvalue weighted by atomic mass is 10.1. The van der Waals surface area contributed by atoms with E-state index in [0.717, 1.165) is 42.9 Å². The lowest BCUT2D eigenvalue weighted by molar-refractivity contribution is -0.127. The number of carbonyl (C=O) groups excluding carboxylic acids is 1. The third-order valence-electron chi connectivity index (χ3n) is 3.36. The fraction of sp³-hybridized carbons (Fsp3) is 0.500. The Morgan fingerprint density at radius 1 is 1.40 bits per heavy atom.